The highest BCUT2D eigenvalue weighted by molar-refractivity contribution is 7.85. The smallest absolute Gasteiger partial charge is 0.307 e. The second-order valence-electron chi connectivity index (χ2n) is 11.1. The van der Waals surface area contributed by atoms with Crippen LogP contribution in [0, 0.1) is 40.4 Å². The van der Waals surface area contributed by atoms with Crippen LogP contribution in [0.4, 0.5) is 0 Å². The van der Waals surface area contributed by atoms with E-state index < -0.39 is 40.3 Å². The van der Waals surface area contributed by atoms with Crippen molar-refractivity contribution in [2.24, 2.45) is 40.4 Å². The third-order valence-electron chi connectivity index (χ3n) is 9.35. The van der Waals surface area contributed by atoms with Crippen LogP contribution in [0.3, 0.4) is 0 Å². The molecule has 4 aliphatic rings. The Bertz CT molecular complexity index is 1070. The van der Waals surface area contributed by atoms with E-state index in [2.05, 4.69) is 13.8 Å². The third-order valence-corrected chi connectivity index (χ3v) is 10.1. The Morgan fingerprint density at radius 2 is 1.88 bits per heavy atom. The number of aliphatic hydroxyl groups excluding tert-OH is 1. The highest BCUT2D eigenvalue weighted by Crippen LogP contribution is 2.67. The molecule has 0 radical (unpaired) electrons. The molecule has 0 aromatic carbocycles. The van der Waals surface area contributed by atoms with Gasteiger partial charge in [-0.2, -0.15) is 8.42 Å². The first-order valence-electron chi connectivity index (χ1n) is 12.1. The lowest BCUT2D eigenvalue weighted by Crippen LogP contribution is -2.51. The van der Waals surface area contributed by atoms with Gasteiger partial charge in [0, 0.05) is 17.4 Å². The lowest BCUT2D eigenvalue weighted by Gasteiger charge is -2.57. The van der Waals surface area contributed by atoms with E-state index in [0.29, 0.717) is 5.92 Å². The van der Waals surface area contributed by atoms with Crippen LogP contribution in [0.15, 0.2) is 23.5 Å². The normalized spacial score (nSPS) is 39.3. The van der Waals surface area contributed by atoms with Gasteiger partial charge in [0.05, 0.1) is 12.2 Å². The number of hydrogen-bond donors (Lipinski definition) is 2. The highest BCUT2D eigenvalue weighted by atomic mass is 32.2. The molecule has 2 N–H and O–H groups in total. The number of esters is 1. The van der Waals surface area contributed by atoms with E-state index in [9.17, 15) is 27.9 Å². The van der Waals surface area contributed by atoms with Gasteiger partial charge in [0.25, 0.3) is 10.1 Å². The maximum absolute atomic E-state index is 13.2. The van der Waals surface area contributed by atoms with Gasteiger partial charge in [0.1, 0.15) is 12.4 Å². The molecule has 0 spiro atoms. The predicted octanol–water partition coefficient (Wildman–Crippen LogP) is 3.43. The molecule has 3 saturated carbocycles. The SMILES string of the molecule is CC1C[C@H]2[C@@H]3CCC4=CC(=O)C=C(O)[C@]4(C)[C@H]3CC[C@]2(C)[C@H]1C(=O)COC(=O)CCS(=O)(=O)O. The molecule has 0 heterocycles. The summed E-state index contributed by atoms with van der Waals surface area (Å²) >= 11 is 0. The fraction of sp³-hybridized carbons (Fsp3) is 0.720. The zero-order valence-electron chi connectivity index (χ0n) is 20.0. The van der Waals surface area contributed by atoms with E-state index in [1.54, 1.807) is 6.08 Å². The minimum absolute atomic E-state index is 0.111. The first-order chi connectivity index (χ1) is 15.8. The van der Waals surface area contributed by atoms with E-state index in [4.69, 9.17) is 9.29 Å². The van der Waals surface area contributed by atoms with Crippen LogP contribution in [-0.2, 0) is 29.2 Å². The Morgan fingerprint density at radius 1 is 1.18 bits per heavy atom. The summed E-state index contributed by atoms with van der Waals surface area (Å²) in [5.41, 5.74) is 0.226. The van der Waals surface area contributed by atoms with Gasteiger partial charge in [-0.05, 0) is 74.2 Å². The van der Waals surface area contributed by atoms with Gasteiger partial charge in [-0.1, -0.05) is 19.4 Å². The lowest BCUT2D eigenvalue weighted by atomic mass is 9.47. The molecular formula is C25H34O8S. The van der Waals surface area contributed by atoms with Crippen LogP contribution in [-0.4, -0.2) is 48.0 Å². The molecule has 1 unspecified atom stereocenters. The average Bonchev–Trinajstić information content (AvgIpc) is 3.01. The summed E-state index contributed by atoms with van der Waals surface area (Å²) < 4.78 is 35.5. The first kappa shape index (κ1) is 25.1. The summed E-state index contributed by atoms with van der Waals surface area (Å²) in [5.74, 6) is -1.05. The number of fused-ring (bicyclic) bond motifs is 5. The number of ketones is 2. The van der Waals surface area contributed by atoms with Gasteiger partial charge in [0.2, 0.25) is 0 Å². The summed E-state index contributed by atoms with van der Waals surface area (Å²) in [6, 6.07) is 0. The van der Waals surface area contributed by atoms with Crippen LogP contribution in [0.5, 0.6) is 0 Å². The van der Waals surface area contributed by atoms with Gasteiger partial charge in [0.15, 0.2) is 11.6 Å². The Kier molecular flexibility index (Phi) is 6.34. The quantitative estimate of drug-likeness (QED) is 0.423. The zero-order valence-corrected chi connectivity index (χ0v) is 20.8. The van der Waals surface area contributed by atoms with Crippen LogP contribution >= 0.6 is 0 Å². The Balaban J connectivity index is 1.49. The lowest BCUT2D eigenvalue weighted by molar-refractivity contribution is -0.151. The van der Waals surface area contributed by atoms with Crippen molar-refractivity contribution in [3.05, 3.63) is 23.5 Å². The van der Waals surface area contributed by atoms with Crippen molar-refractivity contribution < 1.29 is 37.2 Å². The van der Waals surface area contributed by atoms with E-state index >= 15 is 0 Å². The number of rotatable bonds is 6. The molecular weight excluding hydrogens is 460 g/mol. The van der Waals surface area contributed by atoms with Crippen molar-refractivity contribution in [3.8, 4) is 0 Å². The highest BCUT2D eigenvalue weighted by Gasteiger charge is 2.62. The van der Waals surface area contributed by atoms with Crippen molar-refractivity contribution in [1.82, 2.24) is 0 Å². The maximum atomic E-state index is 13.2. The first-order valence-corrected chi connectivity index (χ1v) is 13.7. The second-order valence-corrected chi connectivity index (χ2v) is 12.7. The minimum atomic E-state index is -4.27. The molecule has 34 heavy (non-hydrogen) atoms. The number of ether oxygens (including phenoxy) is 1. The van der Waals surface area contributed by atoms with Crippen molar-refractivity contribution in [2.75, 3.05) is 12.4 Å². The van der Waals surface area contributed by atoms with Gasteiger partial charge in [-0.15, -0.1) is 0 Å². The molecule has 3 fully saturated rings. The van der Waals surface area contributed by atoms with E-state index in [0.717, 1.165) is 37.7 Å². The molecule has 9 heteroatoms. The fourth-order valence-corrected chi connectivity index (χ4v) is 8.30. The summed E-state index contributed by atoms with van der Waals surface area (Å²) in [5, 5.41) is 10.8. The molecule has 0 bridgehead atoms. The summed E-state index contributed by atoms with van der Waals surface area (Å²) in [4.78, 5) is 37.1. The molecule has 4 rings (SSSR count). The summed E-state index contributed by atoms with van der Waals surface area (Å²) in [6.07, 6.45) is 6.73. The number of carbonyl (C=O) groups excluding carboxylic acids is 3. The van der Waals surface area contributed by atoms with E-state index in [-0.39, 0.29) is 46.4 Å². The molecule has 0 saturated heterocycles. The number of aliphatic hydroxyl groups is 1. The fourth-order valence-electron chi connectivity index (χ4n) is 7.88. The third kappa shape index (κ3) is 4.15. The Morgan fingerprint density at radius 3 is 2.56 bits per heavy atom. The van der Waals surface area contributed by atoms with Gasteiger partial charge in [-0.3, -0.25) is 18.9 Å². The van der Waals surface area contributed by atoms with Gasteiger partial charge < -0.3 is 9.84 Å². The van der Waals surface area contributed by atoms with Crippen molar-refractivity contribution >= 4 is 27.7 Å². The van der Waals surface area contributed by atoms with Gasteiger partial charge >= 0.3 is 5.97 Å². The molecule has 188 valence electrons. The molecule has 0 amide bonds. The number of carbonyl (C=O) groups is 3. The largest absolute Gasteiger partial charge is 0.511 e. The number of allylic oxidation sites excluding steroid dienone is 3. The Labute approximate surface area is 200 Å². The topological polar surface area (TPSA) is 135 Å². The number of hydrogen-bond acceptors (Lipinski definition) is 7. The Hall–Kier alpha value is -2.00. The minimum Gasteiger partial charge on any atom is -0.511 e. The molecule has 0 aliphatic heterocycles. The van der Waals surface area contributed by atoms with Crippen LogP contribution < -0.4 is 0 Å². The van der Waals surface area contributed by atoms with Crippen LogP contribution in [0.2, 0.25) is 0 Å². The van der Waals surface area contributed by atoms with Crippen molar-refractivity contribution in [1.29, 1.82) is 0 Å². The van der Waals surface area contributed by atoms with Crippen molar-refractivity contribution in [2.45, 2.75) is 59.3 Å². The van der Waals surface area contributed by atoms with Gasteiger partial charge in [-0.25, -0.2) is 0 Å². The maximum Gasteiger partial charge on any atom is 0.307 e. The van der Waals surface area contributed by atoms with Crippen LogP contribution in [0.1, 0.15) is 59.3 Å². The average molecular weight is 495 g/mol. The monoisotopic (exact) mass is 494 g/mol. The molecule has 8 nitrogen and oxygen atoms in total. The second kappa shape index (κ2) is 8.59. The van der Waals surface area contributed by atoms with Crippen molar-refractivity contribution in [3.63, 3.8) is 0 Å². The molecule has 0 aromatic rings. The predicted molar refractivity (Wildman–Crippen MR) is 123 cm³/mol. The van der Waals surface area contributed by atoms with E-state index in [1.807, 2.05) is 6.92 Å². The van der Waals surface area contributed by atoms with E-state index in [1.165, 1.54) is 6.08 Å². The zero-order chi connectivity index (χ0) is 25.1. The molecule has 0 aromatic heterocycles. The van der Waals surface area contributed by atoms with Crippen LogP contribution in [0.25, 0.3) is 0 Å². The number of Topliss-reactive ketones (excluding diaryl/α,β-unsaturated/α-hetero) is 1. The standard InChI is InChI=1S/C25H34O8S/c1-14-10-19-17-5-4-15-11-16(26)12-21(28)25(15,3)18(17)6-8-24(19,2)23(14)20(27)13-33-22(29)7-9-34(30,31)32/h11-12,14,17-19,23,28H,4-10,13H2,1-3H3,(H,30,31,32)/t14?,17-,18+,19+,23-,24+,25+/m1/s1. The molecule has 7 atom stereocenters. The molecule has 4 aliphatic carbocycles. The summed E-state index contributed by atoms with van der Waals surface area (Å²) in [7, 11) is -4.27. The summed E-state index contributed by atoms with van der Waals surface area (Å²) in [6.45, 7) is 5.87.